The average Bonchev–Trinajstić information content (AvgIpc) is 2.59. The molecule has 1 heterocycles. The molecule has 0 amide bonds. The number of carboxylic acid groups (broad SMARTS) is 1. The highest BCUT2D eigenvalue weighted by atomic mass is 16.5. The zero-order valence-corrected chi connectivity index (χ0v) is 14.6. The third-order valence-electron chi connectivity index (χ3n) is 3.96. The molecular weight excluding hydrogens is 306 g/mol. The number of unbranched alkanes of at least 4 members (excludes halogenated alkanes) is 9. The van der Waals surface area contributed by atoms with E-state index in [1.807, 2.05) is 0 Å². The number of carbonyl (C=O) groups is 2. The summed E-state index contributed by atoms with van der Waals surface area (Å²) < 4.78 is 5.13. The minimum Gasteiger partial charge on any atom is -0.478 e. The second kappa shape index (κ2) is 12.5. The summed E-state index contributed by atoms with van der Waals surface area (Å²) in [5, 5.41) is 9.03. The van der Waals surface area contributed by atoms with Crippen molar-refractivity contribution in [2.45, 2.75) is 71.1 Å². The van der Waals surface area contributed by atoms with Crippen LogP contribution in [0, 0.1) is 0 Å². The lowest BCUT2D eigenvalue weighted by Gasteiger charge is -2.06. The Morgan fingerprint density at radius 1 is 1.00 bits per heavy atom. The normalized spacial score (nSPS) is 10.5. The Kier molecular flexibility index (Phi) is 10.5. The lowest BCUT2D eigenvalue weighted by molar-refractivity contribution is 0.0480. The van der Waals surface area contributed by atoms with Gasteiger partial charge in [-0.25, -0.2) is 14.6 Å². The maximum absolute atomic E-state index is 11.9. The predicted molar refractivity (Wildman–Crippen MR) is 93.3 cm³/mol. The van der Waals surface area contributed by atoms with E-state index < -0.39 is 11.9 Å². The summed E-state index contributed by atoms with van der Waals surface area (Å²) in [5.41, 5.74) is -0.248. The van der Waals surface area contributed by atoms with E-state index in [2.05, 4.69) is 11.9 Å². The monoisotopic (exact) mass is 335 g/mol. The Morgan fingerprint density at radius 3 is 2.17 bits per heavy atom. The van der Waals surface area contributed by atoms with Gasteiger partial charge in [-0.1, -0.05) is 64.7 Å². The Balaban J connectivity index is 2.09. The Labute approximate surface area is 144 Å². The van der Waals surface area contributed by atoms with Crippen molar-refractivity contribution in [1.29, 1.82) is 0 Å². The van der Waals surface area contributed by atoms with Crippen LogP contribution in [0.4, 0.5) is 0 Å². The standard InChI is InChI=1S/C19H29NO4/c1-2-3-4-5-6-7-8-9-10-11-15-24-19(23)17-16(18(21)22)13-12-14-20-17/h12-14H,2-11,15H2,1H3,(H,21,22). The number of pyridine rings is 1. The molecule has 5 nitrogen and oxygen atoms in total. The van der Waals surface area contributed by atoms with Crippen LogP contribution in [0.1, 0.15) is 92.0 Å². The number of carboxylic acids is 1. The number of aromatic nitrogens is 1. The molecule has 0 aliphatic rings. The molecule has 0 aliphatic heterocycles. The molecule has 24 heavy (non-hydrogen) atoms. The maximum Gasteiger partial charge on any atom is 0.357 e. The number of aromatic carboxylic acids is 1. The molecule has 0 atom stereocenters. The number of hydrogen-bond acceptors (Lipinski definition) is 4. The summed E-state index contributed by atoms with van der Waals surface area (Å²) in [4.78, 5) is 26.7. The van der Waals surface area contributed by atoms with E-state index in [4.69, 9.17) is 9.84 Å². The van der Waals surface area contributed by atoms with Gasteiger partial charge in [0.05, 0.1) is 12.2 Å². The molecule has 0 unspecified atom stereocenters. The second-order valence-electron chi connectivity index (χ2n) is 6.02. The van der Waals surface area contributed by atoms with Crippen molar-refractivity contribution in [3.05, 3.63) is 29.6 Å². The number of nitrogens with zero attached hydrogens (tertiary/aromatic N) is 1. The van der Waals surface area contributed by atoms with Crippen molar-refractivity contribution < 1.29 is 19.4 Å². The highest BCUT2D eigenvalue weighted by Gasteiger charge is 2.18. The van der Waals surface area contributed by atoms with Crippen LogP contribution >= 0.6 is 0 Å². The van der Waals surface area contributed by atoms with Crippen LogP contribution in [0.3, 0.4) is 0 Å². The molecule has 0 saturated carbocycles. The van der Waals surface area contributed by atoms with Crippen LogP contribution in [0.5, 0.6) is 0 Å². The van der Waals surface area contributed by atoms with Gasteiger partial charge in [-0.15, -0.1) is 0 Å². The molecule has 0 fully saturated rings. The van der Waals surface area contributed by atoms with E-state index in [-0.39, 0.29) is 11.3 Å². The van der Waals surface area contributed by atoms with Crippen molar-refractivity contribution in [3.63, 3.8) is 0 Å². The largest absolute Gasteiger partial charge is 0.478 e. The van der Waals surface area contributed by atoms with Gasteiger partial charge < -0.3 is 9.84 Å². The molecule has 1 rings (SSSR count). The smallest absolute Gasteiger partial charge is 0.357 e. The molecule has 0 aliphatic carbocycles. The van der Waals surface area contributed by atoms with E-state index in [0.29, 0.717) is 6.61 Å². The van der Waals surface area contributed by atoms with Gasteiger partial charge in [0.2, 0.25) is 0 Å². The Morgan fingerprint density at radius 2 is 1.58 bits per heavy atom. The first-order chi connectivity index (χ1) is 11.7. The molecule has 0 radical (unpaired) electrons. The summed E-state index contributed by atoms with van der Waals surface area (Å²) in [6, 6.07) is 2.84. The van der Waals surface area contributed by atoms with E-state index >= 15 is 0 Å². The van der Waals surface area contributed by atoms with E-state index in [1.54, 1.807) is 0 Å². The van der Waals surface area contributed by atoms with Crippen LogP contribution < -0.4 is 0 Å². The molecule has 0 aromatic carbocycles. The average molecular weight is 335 g/mol. The van der Waals surface area contributed by atoms with Crippen LogP contribution in [0.15, 0.2) is 18.3 Å². The zero-order chi connectivity index (χ0) is 17.6. The molecule has 0 bridgehead atoms. The summed E-state index contributed by atoms with van der Waals surface area (Å²) in [5.74, 6) is -1.84. The highest BCUT2D eigenvalue weighted by Crippen LogP contribution is 2.11. The maximum atomic E-state index is 11.9. The van der Waals surface area contributed by atoms with Crippen molar-refractivity contribution in [2.75, 3.05) is 6.61 Å². The quantitative estimate of drug-likeness (QED) is 0.411. The molecule has 1 aromatic heterocycles. The lowest BCUT2D eigenvalue weighted by Crippen LogP contribution is -2.14. The number of hydrogen-bond donors (Lipinski definition) is 1. The third kappa shape index (κ3) is 8.09. The molecule has 134 valence electrons. The molecule has 1 aromatic rings. The summed E-state index contributed by atoms with van der Waals surface area (Å²) >= 11 is 0. The summed E-state index contributed by atoms with van der Waals surface area (Å²) in [7, 11) is 0. The number of esters is 1. The van der Waals surface area contributed by atoms with E-state index in [0.717, 1.165) is 19.3 Å². The fraction of sp³-hybridized carbons (Fsp3) is 0.632. The van der Waals surface area contributed by atoms with Gasteiger partial charge in [-0.3, -0.25) is 0 Å². The van der Waals surface area contributed by atoms with Gasteiger partial charge in [0.15, 0.2) is 5.69 Å². The van der Waals surface area contributed by atoms with Gasteiger partial charge in [0, 0.05) is 6.20 Å². The van der Waals surface area contributed by atoms with Gasteiger partial charge in [0.1, 0.15) is 0 Å². The van der Waals surface area contributed by atoms with Gasteiger partial charge in [-0.05, 0) is 18.6 Å². The van der Waals surface area contributed by atoms with Gasteiger partial charge in [-0.2, -0.15) is 0 Å². The SMILES string of the molecule is CCCCCCCCCCCCOC(=O)c1ncccc1C(=O)O. The molecular formula is C19H29NO4. The first kappa shape index (κ1) is 20.1. The summed E-state index contributed by atoms with van der Waals surface area (Å²) in [6.07, 6.45) is 13.5. The molecule has 0 saturated heterocycles. The van der Waals surface area contributed by atoms with Gasteiger partial charge in [0.25, 0.3) is 0 Å². The fourth-order valence-corrected chi connectivity index (χ4v) is 2.56. The van der Waals surface area contributed by atoms with Crippen molar-refractivity contribution in [3.8, 4) is 0 Å². The zero-order valence-electron chi connectivity index (χ0n) is 14.6. The van der Waals surface area contributed by atoms with Crippen molar-refractivity contribution >= 4 is 11.9 Å². The topological polar surface area (TPSA) is 76.5 Å². The second-order valence-corrected chi connectivity index (χ2v) is 6.02. The highest BCUT2D eigenvalue weighted by molar-refractivity contribution is 6.00. The first-order valence-electron chi connectivity index (χ1n) is 9.02. The summed E-state index contributed by atoms with van der Waals surface area (Å²) in [6.45, 7) is 2.54. The number of rotatable bonds is 13. The lowest BCUT2D eigenvalue weighted by atomic mass is 10.1. The van der Waals surface area contributed by atoms with Crippen LogP contribution in [-0.2, 0) is 4.74 Å². The minimum absolute atomic E-state index is 0.120. The van der Waals surface area contributed by atoms with Crippen molar-refractivity contribution in [1.82, 2.24) is 4.98 Å². The molecule has 5 heteroatoms. The van der Waals surface area contributed by atoms with Crippen LogP contribution in [0.2, 0.25) is 0 Å². The van der Waals surface area contributed by atoms with E-state index in [9.17, 15) is 9.59 Å². The number of carbonyl (C=O) groups excluding carboxylic acids is 1. The van der Waals surface area contributed by atoms with Crippen LogP contribution in [0.25, 0.3) is 0 Å². The minimum atomic E-state index is -1.17. The Hall–Kier alpha value is -1.91. The third-order valence-corrected chi connectivity index (χ3v) is 3.96. The first-order valence-corrected chi connectivity index (χ1v) is 9.02. The Bertz CT molecular complexity index is 502. The number of ether oxygens (including phenoxy) is 1. The molecule has 1 N–H and O–H groups in total. The van der Waals surface area contributed by atoms with Crippen molar-refractivity contribution in [2.24, 2.45) is 0 Å². The van der Waals surface area contributed by atoms with E-state index in [1.165, 1.54) is 63.3 Å². The predicted octanol–water partition coefficient (Wildman–Crippen LogP) is 4.86. The van der Waals surface area contributed by atoms with Gasteiger partial charge >= 0.3 is 11.9 Å². The fourth-order valence-electron chi connectivity index (χ4n) is 2.56. The molecule has 0 spiro atoms. The van der Waals surface area contributed by atoms with Crippen LogP contribution in [-0.4, -0.2) is 28.6 Å².